The van der Waals surface area contributed by atoms with Gasteiger partial charge in [-0.25, -0.2) is 0 Å². The van der Waals surface area contributed by atoms with E-state index in [0.717, 1.165) is 12.1 Å². The minimum absolute atomic E-state index is 0.0849. The third-order valence-corrected chi connectivity index (χ3v) is 3.96. The third-order valence-electron chi connectivity index (χ3n) is 2.89. The largest absolute Gasteiger partial charge is 0.379 e. The van der Waals surface area contributed by atoms with Gasteiger partial charge in [0.2, 0.25) is 0 Å². The molecule has 2 heterocycles. The zero-order valence-electron chi connectivity index (χ0n) is 9.50. The Labute approximate surface area is 104 Å². The molecule has 1 atom stereocenters. The summed E-state index contributed by atoms with van der Waals surface area (Å²) in [7, 11) is 0. The van der Waals surface area contributed by atoms with Crippen molar-refractivity contribution in [1.29, 1.82) is 0 Å². The molecule has 3 rings (SSSR count). The highest BCUT2D eigenvalue weighted by Crippen LogP contribution is 2.36. The molecule has 17 heavy (non-hydrogen) atoms. The van der Waals surface area contributed by atoms with Gasteiger partial charge in [0, 0.05) is 5.56 Å². The molecule has 0 aromatic heterocycles. The molecular formula is C12H14N2O2S. The smallest absolute Gasteiger partial charge is 0.189 e. The number of thioether (sulfide) groups is 1. The number of ether oxygens (including phenoxy) is 2. The fourth-order valence-electron chi connectivity index (χ4n) is 1.95. The second-order valence-corrected chi connectivity index (χ2v) is 5.35. The van der Waals surface area contributed by atoms with E-state index in [0.29, 0.717) is 10.4 Å². The zero-order valence-corrected chi connectivity index (χ0v) is 10.3. The third kappa shape index (κ3) is 2.18. The summed E-state index contributed by atoms with van der Waals surface area (Å²) in [6.07, 6.45) is -0.283. The monoisotopic (exact) mass is 250 g/mol. The average molecular weight is 250 g/mol. The summed E-state index contributed by atoms with van der Waals surface area (Å²) in [5.74, 6) is 0. The summed E-state index contributed by atoms with van der Waals surface area (Å²) < 4.78 is 10.9. The van der Waals surface area contributed by atoms with Crippen molar-refractivity contribution in [3.8, 4) is 0 Å². The molecule has 5 heteroatoms. The van der Waals surface area contributed by atoms with Crippen LogP contribution < -0.4 is 5.73 Å². The highest BCUT2D eigenvalue weighted by molar-refractivity contribution is 8.14. The molecule has 4 nitrogen and oxygen atoms in total. The van der Waals surface area contributed by atoms with Gasteiger partial charge < -0.3 is 15.2 Å². The van der Waals surface area contributed by atoms with E-state index < -0.39 is 0 Å². The second-order valence-electron chi connectivity index (χ2n) is 4.12. The summed E-state index contributed by atoms with van der Waals surface area (Å²) >= 11 is 1.62. The molecule has 0 bridgehead atoms. The molecule has 1 saturated heterocycles. The van der Waals surface area contributed by atoms with Crippen molar-refractivity contribution in [2.45, 2.75) is 24.8 Å². The summed E-state index contributed by atoms with van der Waals surface area (Å²) in [6.45, 7) is 2.66. The fraction of sp³-hybridized carbons (Fsp3) is 0.417. The van der Waals surface area contributed by atoms with E-state index >= 15 is 0 Å². The summed E-state index contributed by atoms with van der Waals surface area (Å²) in [4.78, 5) is 4.20. The maximum Gasteiger partial charge on any atom is 0.189 e. The Morgan fingerprint density at radius 2 is 1.88 bits per heavy atom. The van der Waals surface area contributed by atoms with Crippen LogP contribution >= 0.6 is 11.8 Å². The minimum Gasteiger partial charge on any atom is -0.379 e. The first-order chi connectivity index (χ1) is 8.22. The van der Waals surface area contributed by atoms with Crippen molar-refractivity contribution in [3.05, 3.63) is 35.4 Å². The standard InChI is InChI=1S/C12H14N2O2S/c1-7-15-11(16-7)9-4-2-8(3-5-9)10-6-14-12(13)17-10/h2-5,7,10-11H,6H2,1H3,(H2,13,14). The Bertz CT molecular complexity index is 440. The van der Waals surface area contributed by atoms with E-state index in [1.807, 2.05) is 19.1 Å². The van der Waals surface area contributed by atoms with Gasteiger partial charge in [0.1, 0.15) is 0 Å². The average Bonchev–Trinajstić information content (AvgIpc) is 2.72. The molecule has 90 valence electrons. The molecular weight excluding hydrogens is 236 g/mol. The van der Waals surface area contributed by atoms with Crippen molar-refractivity contribution in [2.24, 2.45) is 10.7 Å². The Morgan fingerprint density at radius 3 is 2.41 bits per heavy atom. The van der Waals surface area contributed by atoms with Gasteiger partial charge in [0.15, 0.2) is 17.7 Å². The van der Waals surface area contributed by atoms with E-state index in [4.69, 9.17) is 15.2 Å². The van der Waals surface area contributed by atoms with Crippen LogP contribution in [0.3, 0.4) is 0 Å². The predicted molar refractivity (Wildman–Crippen MR) is 67.6 cm³/mol. The van der Waals surface area contributed by atoms with E-state index in [2.05, 4.69) is 17.1 Å². The van der Waals surface area contributed by atoms with Crippen LogP contribution in [0.4, 0.5) is 0 Å². The Morgan fingerprint density at radius 1 is 1.24 bits per heavy atom. The van der Waals surface area contributed by atoms with Gasteiger partial charge in [-0.3, -0.25) is 4.99 Å². The zero-order chi connectivity index (χ0) is 11.8. The van der Waals surface area contributed by atoms with Gasteiger partial charge in [0.25, 0.3) is 0 Å². The molecule has 2 aliphatic heterocycles. The SMILES string of the molecule is CC1OC(c2ccc(C3CN=C(N)S3)cc2)O1. The maximum absolute atomic E-state index is 5.66. The minimum atomic E-state index is -0.198. The number of nitrogens with zero attached hydrogens (tertiary/aromatic N) is 1. The van der Waals surface area contributed by atoms with Gasteiger partial charge in [-0.2, -0.15) is 0 Å². The molecule has 0 spiro atoms. The molecule has 0 saturated carbocycles. The Hall–Kier alpha value is -1.04. The van der Waals surface area contributed by atoms with Crippen molar-refractivity contribution in [1.82, 2.24) is 0 Å². The van der Waals surface area contributed by atoms with Gasteiger partial charge in [-0.15, -0.1) is 0 Å². The number of hydrogen-bond donors (Lipinski definition) is 1. The summed E-state index contributed by atoms with van der Waals surface area (Å²) in [5.41, 5.74) is 7.96. The molecule has 1 aromatic carbocycles. The molecule has 0 amide bonds. The van der Waals surface area contributed by atoms with Crippen LogP contribution in [0, 0.1) is 0 Å². The van der Waals surface area contributed by atoms with Crippen molar-refractivity contribution < 1.29 is 9.47 Å². The van der Waals surface area contributed by atoms with E-state index in [-0.39, 0.29) is 12.6 Å². The lowest BCUT2D eigenvalue weighted by molar-refractivity contribution is -0.382. The van der Waals surface area contributed by atoms with Gasteiger partial charge in [-0.05, 0) is 12.5 Å². The fourth-order valence-corrected chi connectivity index (χ4v) is 2.83. The van der Waals surface area contributed by atoms with Crippen molar-refractivity contribution in [2.75, 3.05) is 6.54 Å². The molecule has 1 unspecified atom stereocenters. The van der Waals surface area contributed by atoms with Crippen molar-refractivity contribution in [3.63, 3.8) is 0 Å². The van der Waals surface area contributed by atoms with Gasteiger partial charge in [0.05, 0.1) is 11.8 Å². The van der Waals surface area contributed by atoms with Crippen LogP contribution in [0.15, 0.2) is 29.3 Å². The predicted octanol–water partition coefficient (Wildman–Crippen LogP) is 2.18. The Balaban J connectivity index is 1.68. The van der Waals surface area contributed by atoms with Crippen LogP contribution in [0.25, 0.3) is 0 Å². The van der Waals surface area contributed by atoms with Crippen LogP contribution in [0.1, 0.15) is 29.6 Å². The Kier molecular flexibility index (Phi) is 2.82. The molecule has 0 aliphatic carbocycles. The van der Waals surface area contributed by atoms with Crippen LogP contribution in [0.2, 0.25) is 0 Å². The number of aliphatic imine (C=N–C) groups is 1. The lowest BCUT2D eigenvalue weighted by Crippen LogP contribution is -2.31. The number of rotatable bonds is 2. The number of amidine groups is 1. The van der Waals surface area contributed by atoms with E-state index in [1.54, 1.807) is 11.8 Å². The molecule has 1 aromatic rings. The second kappa shape index (κ2) is 4.33. The normalized spacial score (nSPS) is 32.1. The van der Waals surface area contributed by atoms with E-state index in [1.165, 1.54) is 5.56 Å². The van der Waals surface area contributed by atoms with Crippen LogP contribution in [-0.4, -0.2) is 18.0 Å². The summed E-state index contributed by atoms with van der Waals surface area (Å²) in [5, 5.41) is 1.03. The van der Waals surface area contributed by atoms with E-state index in [9.17, 15) is 0 Å². The first-order valence-corrected chi connectivity index (χ1v) is 6.48. The van der Waals surface area contributed by atoms with Gasteiger partial charge >= 0.3 is 0 Å². The molecule has 2 aliphatic rings. The van der Waals surface area contributed by atoms with Crippen LogP contribution in [0.5, 0.6) is 0 Å². The number of hydrogen-bond acceptors (Lipinski definition) is 5. The molecule has 0 radical (unpaired) electrons. The first kappa shape index (κ1) is 11.1. The lowest BCUT2D eigenvalue weighted by atomic mass is 10.1. The highest BCUT2D eigenvalue weighted by atomic mass is 32.2. The summed E-state index contributed by atoms with van der Waals surface area (Å²) in [6, 6.07) is 8.27. The lowest BCUT2D eigenvalue weighted by Gasteiger charge is -2.34. The van der Waals surface area contributed by atoms with Crippen LogP contribution in [-0.2, 0) is 9.47 Å². The van der Waals surface area contributed by atoms with Gasteiger partial charge in [-0.1, -0.05) is 36.0 Å². The molecule has 1 fully saturated rings. The topological polar surface area (TPSA) is 56.8 Å². The number of benzene rings is 1. The first-order valence-electron chi connectivity index (χ1n) is 5.60. The van der Waals surface area contributed by atoms with Crippen molar-refractivity contribution >= 4 is 16.9 Å². The molecule has 2 N–H and O–H groups in total. The highest BCUT2D eigenvalue weighted by Gasteiger charge is 2.28. The maximum atomic E-state index is 5.66. The number of nitrogens with two attached hydrogens (primary N) is 1. The quantitative estimate of drug-likeness (QED) is 0.874.